The van der Waals surface area contributed by atoms with Crippen molar-refractivity contribution in [3.8, 4) is 0 Å². The zero-order valence-corrected chi connectivity index (χ0v) is 12.7. The highest BCUT2D eigenvalue weighted by Crippen LogP contribution is 2.23. The summed E-state index contributed by atoms with van der Waals surface area (Å²) in [5.74, 6) is 0.247. The minimum Gasteiger partial charge on any atom is -0.399 e. The standard InChI is InChI=1S/C14H22N2O3S/c1-3-14-11(4-5-19-14)9-16-20(17,18)13-7-10(2)6-12(15)8-13/h6-8,11,14,16H,3-5,9,15H2,1-2H3. The third-order valence-electron chi connectivity index (χ3n) is 3.67. The van der Waals surface area contributed by atoms with E-state index in [1.807, 2.05) is 6.92 Å². The summed E-state index contributed by atoms with van der Waals surface area (Å²) < 4.78 is 32.8. The van der Waals surface area contributed by atoms with Crippen LogP contribution in [0.15, 0.2) is 23.1 Å². The van der Waals surface area contributed by atoms with Crippen molar-refractivity contribution < 1.29 is 13.2 Å². The summed E-state index contributed by atoms with van der Waals surface area (Å²) >= 11 is 0. The minimum atomic E-state index is -3.51. The van der Waals surface area contributed by atoms with Crippen LogP contribution >= 0.6 is 0 Å². The SMILES string of the molecule is CCC1OCCC1CNS(=O)(=O)c1cc(C)cc(N)c1. The molecule has 1 aliphatic rings. The number of rotatable bonds is 5. The molecular formula is C14H22N2O3S. The molecule has 112 valence electrons. The van der Waals surface area contributed by atoms with E-state index < -0.39 is 10.0 Å². The van der Waals surface area contributed by atoms with Crippen molar-refractivity contribution in [1.82, 2.24) is 4.72 Å². The number of benzene rings is 1. The Morgan fingerprint density at radius 2 is 2.15 bits per heavy atom. The zero-order valence-electron chi connectivity index (χ0n) is 11.9. The Morgan fingerprint density at radius 1 is 1.40 bits per heavy atom. The number of nitrogen functional groups attached to an aromatic ring is 1. The lowest BCUT2D eigenvalue weighted by molar-refractivity contribution is 0.0884. The lowest BCUT2D eigenvalue weighted by Crippen LogP contribution is -2.32. The summed E-state index contributed by atoms with van der Waals surface area (Å²) in [6, 6.07) is 4.86. The van der Waals surface area contributed by atoms with E-state index in [1.54, 1.807) is 12.1 Å². The molecular weight excluding hydrogens is 276 g/mol. The van der Waals surface area contributed by atoms with Crippen LogP contribution in [-0.4, -0.2) is 27.7 Å². The van der Waals surface area contributed by atoms with Crippen LogP contribution in [0.1, 0.15) is 25.3 Å². The van der Waals surface area contributed by atoms with Crippen LogP contribution in [-0.2, 0) is 14.8 Å². The number of ether oxygens (including phenoxy) is 1. The van der Waals surface area contributed by atoms with Crippen molar-refractivity contribution >= 4 is 15.7 Å². The third kappa shape index (κ3) is 3.50. The summed E-state index contributed by atoms with van der Waals surface area (Å²) in [5, 5.41) is 0. The van der Waals surface area contributed by atoms with Gasteiger partial charge in [-0.25, -0.2) is 13.1 Å². The van der Waals surface area contributed by atoms with Crippen LogP contribution in [0.2, 0.25) is 0 Å². The normalized spacial score (nSPS) is 23.1. The van der Waals surface area contributed by atoms with Gasteiger partial charge in [-0.2, -0.15) is 0 Å². The van der Waals surface area contributed by atoms with E-state index in [9.17, 15) is 8.42 Å². The summed E-state index contributed by atoms with van der Waals surface area (Å²) in [6.45, 7) is 5.00. The first kappa shape index (κ1) is 15.3. The van der Waals surface area contributed by atoms with Crippen LogP contribution in [0.5, 0.6) is 0 Å². The number of hydrogen-bond donors (Lipinski definition) is 2. The molecule has 5 nitrogen and oxygen atoms in total. The molecule has 1 aromatic carbocycles. The average Bonchev–Trinajstić information content (AvgIpc) is 2.82. The van der Waals surface area contributed by atoms with Crippen LogP contribution in [0.3, 0.4) is 0 Å². The topological polar surface area (TPSA) is 81.4 Å². The third-order valence-corrected chi connectivity index (χ3v) is 5.07. The molecule has 0 aromatic heterocycles. The Labute approximate surface area is 120 Å². The first-order chi connectivity index (χ1) is 9.42. The molecule has 0 amide bonds. The average molecular weight is 298 g/mol. The molecule has 0 radical (unpaired) electrons. The quantitative estimate of drug-likeness (QED) is 0.810. The highest BCUT2D eigenvalue weighted by molar-refractivity contribution is 7.89. The number of anilines is 1. The largest absolute Gasteiger partial charge is 0.399 e. The van der Waals surface area contributed by atoms with Crippen LogP contribution in [0.4, 0.5) is 5.69 Å². The molecule has 1 heterocycles. The molecule has 2 atom stereocenters. The molecule has 6 heteroatoms. The Hall–Kier alpha value is -1.11. The summed E-state index contributed by atoms with van der Waals surface area (Å²) in [7, 11) is -3.51. The van der Waals surface area contributed by atoms with Crippen molar-refractivity contribution in [2.45, 2.75) is 37.7 Å². The number of nitrogens with two attached hydrogens (primary N) is 1. The fraction of sp³-hybridized carbons (Fsp3) is 0.571. The lowest BCUT2D eigenvalue weighted by Gasteiger charge is -2.17. The maximum atomic E-state index is 12.3. The Bertz CT molecular complexity index is 552. The van der Waals surface area contributed by atoms with E-state index in [2.05, 4.69) is 11.6 Å². The van der Waals surface area contributed by atoms with Gasteiger partial charge in [-0.1, -0.05) is 6.92 Å². The van der Waals surface area contributed by atoms with Gasteiger partial charge in [0.05, 0.1) is 11.0 Å². The second kappa shape index (κ2) is 6.11. The molecule has 1 aliphatic heterocycles. The monoisotopic (exact) mass is 298 g/mol. The van der Waals surface area contributed by atoms with Gasteiger partial charge in [0.25, 0.3) is 0 Å². The Morgan fingerprint density at radius 3 is 2.80 bits per heavy atom. The molecule has 1 fully saturated rings. The van der Waals surface area contributed by atoms with Gasteiger partial charge >= 0.3 is 0 Å². The Kier molecular flexibility index (Phi) is 4.67. The second-order valence-electron chi connectivity index (χ2n) is 5.30. The lowest BCUT2D eigenvalue weighted by atomic mass is 10.0. The predicted molar refractivity (Wildman–Crippen MR) is 78.9 cm³/mol. The second-order valence-corrected chi connectivity index (χ2v) is 7.06. The van der Waals surface area contributed by atoms with Gasteiger partial charge in [0, 0.05) is 24.8 Å². The van der Waals surface area contributed by atoms with E-state index in [1.165, 1.54) is 6.07 Å². The maximum Gasteiger partial charge on any atom is 0.240 e. The van der Waals surface area contributed by atoms with Crippen molar-refractivity contribution in [2.24, 2.45) is 5.92 Å². The maximum absolute atomic E-state index is 12.3. The van der Waals surface area contributed by atoms with Crippen molar-refractivity contribution in [3.63, 3.8) is 0 Å². The number of nitrogens with one attached hydrogen (secondary N) is 1. The van der Waals surface area contributed by atoms with Gasteiger partial charge in [-0.05, 0) is 43.5 Å². The molecule has 2 unspecified atom stereocenters. The smallest absolute Gasteiger partial charge is 0.240 e. The molecule has 0 bridgehead atoms. The van der Waals surface area contributed by atoms with Gasteiger partial charge in [-0.15, -0.1) is 0 Å². The molecule has 0 aliphatic carbocycles. The Balaban J connectivity index is 2.07. The minimum absolute atomic E-state index is 0.153. The fourth-order valence-electron chi connectivity index (χ4n) is 2.61. The summed E-state index contributed by atoms with van der Waals surface area (Å²) in [5.41, 5.74) is 7.00. The van der Waals surface area contributed by atoms with Gasteiger partial charge in [0.2, 0.25) is 10.0 Å². The molecule has 3 N–H and O–H groups in total. The first-order valence-corrected chi connectivity index (χ1v) is 8.39. The van der Waals surface area contributed by atoms with Crippen molar-refractivity contribution in [3.05, 3.63) is 23.8 Å². The molecule has 2 rings (SSSR count). The van der Waals surface area contributed by atoms with Crippen molar-refractivity contribution in [2.75, 3.05) is 18.9 Å². The van der Waals surface area contributed by atoms with Crippen LogP contribution in [0, 0.1) is 12.8 Å². The molecule has 0 spiro atoms. The van der Waals surface area contributed by atoms with Gasteiger partial charge in [0.1, 0.15) is 0 Å². The number of aryl methyl sites for hydroxylation is 1. The van der Waals surface area contributed by atoms with E-state index >= 15 is 0 Å². The molecule has 0 saturated carbocycles. The summed E-state index contributed by atoms with van der Waals surface area (Å²) in [6.07, 6.45) is 1.96. The van der Waals surface area contributed by atoms with E-state index in [0.717, 1.165) is 18.4 Å². The predicted octanol–water partition coefficient (Wildman–Crippen LogP) is 1.67. The zero-order chi connectivity index (χ0) is 14.8. The highest BCUT2D eigenvalue weighted by Gasteiger charge is 2.28. The van der Waals surface area contributed by atoms with Crippen LogP contribution in [0.25, 0.3) is 0 Å². The van der Waals surface area contributed by atoms with E-state index in [4.69, 9.17) is 10.5 Å². The van der Waals surface area contributed by atoms with Crippen molar-refractivity contribution in [1.29, 1.82) is 0 Å². The van der Waals surface area contributed by atoms with Gasteiger partial charge in [-0.3, -0.25) is 0 Å². The molecule has 20 heavy (non-hydrogen) atoms. The highest BCUT2D eigenvalue weighted by atomic mass is 32.2. The molecule has 1 aromatic rings. The van der Waals surface area contributed by atoms with Gasteiger partial charge in [0.15, 0.2) is 0 Å². The summed E-state index contributed by atoms with van der Waals surface area (Å²) in [4.78, 5) is 0.224. The first-order valence-electron chi connectivity index (χ1n) is 6.91. The van der Waals surface area contributed by atoms with Gasteiger partial charge < -0.3 is 10.5 Å². The number of hydrogen-bond acceptors (Lipinski definition) is 4. The van der Waals surface area contributed by atoms with E-state index in [-0.39, 0.29) is 16.9 Å². The van der Waals surface area contributed by atoms with Crippen LogP contribution < -0.4 is 10.5 Å². The number of sulfonamides is 1. The van der Waals surface area contributed by atoms with E-state index in [0.29, 0.717) is 18.8 Å². The molecule has 1 saturated heterocycles. The fourth-order valence-corrected chi connectivity index (χ4v) is 3.84.